The van der Waals surface area contributed by atoms with E-state index in [1.165, 1.54) is 12.1 Å². The van der Waals surface area contributed by atoms with Crippen LogP contribution in [-0.4, -0.2) is 50.2 Å². The number of nitrogens with zero attached hydrogens (tertiary/aromatic N) is 3. The van der Waals surface area contributed by atoms with Gasteiger partial charge in [0, 0.05) is 35.5 Å². The number of aryl methyl sites for hydroxylation is 3. The van der Waals surface area contributed by atoms with Gasteiger partial charge in [0.2, 0.25) is 6.10 Å². The van der Waals surface area contributed by atoms with Crippen LogP contribution in [0.1, 0.15) is 45.6 Å². The first-order valence-electron chi connectivity index (χ1n) is 16.5. The second-order valence-corrected chi connectivity index (χ2v) is 12.3. The molecule has 276 valence electrons. The van der Waals surface area contributed by atoms with E-state index in [1.807, 2.05) is 13.0 Å². The van der Waals surface area contributed by atoms with Gasteiger partial charge in [0.15, 0.2) is 0 Å². The highest BCUT2D eigenvalue weighted by Crippen LogP contribution is 2.38. The number of hydrogen-bond donors (Lipinski definition) is 3. The molecule has 14 heteroatoms. The summed E-state index contributed by atoms with van der Waals surface area (Å²) in [6.07, 6.45) is -2.31. The average molecular weight is 731 g/mol. The molecule has 0 unspecified atom stereocenters. The standard InChI is InChI=1S/C39H37F3N4O7/c1-24-10-7-8-15-33(24)39(28-12-5-4-6-13-28,43-22-30(47)16-17-32-34(41)20-29(40)21-35(32)42)36(53-38-44-25(2)18-26(3)45-38)37(48)52-31-14-9-11-27(19-31)23-51-46(49)50/h4-15,18-21,36,43,49-50H,16-17,22-23H2,1-3H3/t36-,39+/m1/s1. The Hall–Kier alpha value is -5.51. The van der Waals surface area contributed by atoms with Gasteiger partial charge in [-0.3, -0.25) is 20.5 Å². The van der Waals surface area contributed by atoms with Crippen LogP contribution >= 0.6 is 0 Å². The maximum atomic E-state index is 14.7. The van der Waals surface area contributed by atoms with Crippen LogP contribution < -0.4 is 14.8 Å². The summed E-state index contributed by atoms with van der Waals surface area (Å²) < 4.78 is 54.8. The molecule has 0 aliphatic carbocycles. The van der Waals surface area contributed by atoms with E-state index in [0.717, 1.165) is 0 Å². The number of rotatable bonds is 16. The molecule has 0 radical (unpaired) electrons. The fraction of sp³-hybridized carbons (Fsp3) is 0.231. The Labute approximate surface area is 303 Å². The number of nitrogens with one attached hydrogen (secondary N) is 1. The number of ether oxygens (including phenoxy) is 2. The highest BCUT2D eigenvalue weighted by atomic mass is 19.1. The first-order valence-corrected chi connectivity index (χ1v) is 16.5. The van der Waals surface area contributed by atoms with Crippen molar-refractivity contribution in [3.05, 3.63) is 154 Å². The van der Waals surface area contributed by atoms with Gasteiger partial charge in [-0.1, -0.05) is 66.7 Å². The Morgan fingerprint density at radius 3 is 2.17 bits per heavy atom. The van der Waals surface area contributed by atoms with Gasteiger partial charge < -0.3 is 9.47 Å². The zero-order valence-electron chi connectivity index (χ0n) is 29.1. The van der Waals surface area contributed by atoms with Crippen molar-refractivity contribution >= 4 is 11.8 Å². The number of esters is 1. The van der Waals surface area contributed by atoms with E-state index >= 15 is 0 Å². The topological polar surface area (TPSA) is 143 Å². The normalized spacial score (nSPS) is 13.0. The number of ketones is 1. The van der Waals surface area contributed by atoms with E-state index in [-0.39, 0.29) is 31.2 Å². The lowest BCUT2D eigenvalue weighted by Crippen LogP contribution is -2.60. The molecule has 0 fully saturated rings. The van der Waals surface area contributed by atoms with Crippen molar-refractivity contribution in [2.24, 2.45) is 0 Å². The molecule has 0 aliphatic rings. The van der Waals surface area contributed by atoms with Crippen LogP contribution in [0.4, 0.5) is 13.2 Å². The van der Waals surface area contributed by atoms with Crippen LogP contribution in [-0.2, 0) is 33.0 Å². The molecule has 0 saturated heterocycles. The molecule has 11 nitrogen and oxygen atoms in total. The zero-order valence-corrected chi connectivity index (χ0v) is 29.1. The van der Waals surface area contributed by atoms with Crippen LogP contribution in [0.3, 0.4) is 0 Å². The summed E-state index contributed by atoms with van der Waals surface area (Å²) in [6.45, 7) is 4.60. The fourth-order valence-electron chi connectivity index (χ4n) is 6.02. The minimum absolute atomic E-state index is 0.0552. The average Bonchev–Trinajstić information content (AvgIpc) is 3.10. The summed E-state index contributed by atoms with van der Waals surface area (Å²) in [6, 6.07) is 24.7. The second-order valence-electron chi connectivity index (χ2n) is 12.3. The lowest BCUT2D eigenvalue weighted by molar-refractivity contribution is -0.497. The number of halogens is 3. The molecular weight excluding hydrogens is 693 g/mol. The molecule has 0 bridgehead atoms. The number of aromatic nitrogens is 2. The van der Waals surface area contributed by atoms with Crippen molar-refractivity contribution in [1.29, 1.82) is 0 Å². The highest BCUT2D eigenvalue weighted by Gasteiger charge is 2.50. The van der Waals surface area contributed by atoms with Gasteiger partial charge in [0.05, 0.1) is 18.5 Å². The molecule has 0 saturated carbocycles. The lowest BCUT2D eigenvalue weighted by Gasteiger charge is -2.41. The molecule has 1 heterocycles. The molecule has 3 N–H and O–H groups in total. The minimum atomic E-state index is -1.69. The van der Waals surface area contributed by atoms with Gasteiger partial charge in [-0.25, -0.2) is 32.8 Å². The van der Waals surface area contributed by atoms with Crippen LogP contribution in [0, 0.1) is 38.2 Å². The minimum Gasteiger partial charge on any atom is -0.445 e. The molecule has 0 spiro atoms. The smallest absolute Gasteiger partial charge is 0.355 e. The summed E-state index contributed by atoms with van der Waals surface area (Å²) in [5.41, 5.74) is 1.12. The molecule has 4 aromatic carbocycles. The van der Waals surface area contributed by atoms with Crippen molar-refractivity contribution < 1.29 is 47.5 Å². The summed E-state index contributed by atoms with van der Waals surface area (Å²) in [5.74, 6) is -4.64. The van der Waals surface area contributed by atoms with Gasteiger partial charge in [0.1, 0.15) is 34.5 Å². The summed E-state index contributed by atoms with van der Waals surface area (Å²) >= 11 is 0. The van der Waals surface area contributed by atoms with Crippen molar-refractivity contribution in [3.63, 3.8) is 0 Å². The van der Waals surface area contributed by atoms with Gasteiger partial charge in [-0.2, -0.15) is 0 Å². The first-order chi connectivity index (χ1) is 25.3. The third kappa shape index (κ3) is 9.68. The summed E-state index contributed by atoms with van der Waals surface area (Å²) in [7, 11) is 0. The SMILES string of the molecule is Cc1cc(C)nc(O[C@H](C(=O)Oc2cccc(CON(O)O)c2)[C@](NCC(=O)CCc2c(F)cc(F)cc2F)(c2ccccc2)c2ccccc2C)n1. The Balaban J connectivity index is 1.61. The van der Waals surface area contributed by atoms with E-state index in [4.69, 9.17) is 24.7 Å². The number of Topliss-reactive ketones (excluding diaryl/α,β-unsaturated/α-hetero) is 1. The molecule has 1 aromatic heterocycles. The number of carbonyl (C=O) groups is 2. The van der Waals surface area contributed by atoms with Crippen LogP contribution in [0.2, 0.25) is 0 Å². The molecular formula is C39H37F3N4O7. The summed E-state index contributed by atoms with van der Waals surface area (Å²) in [5, 5.41) is 20.8. The van der Waals surface area contributed by atoms with Gasteiger partial charge in [-0.15, -0.1) is 0 Å². The van der Waals surface area contributed by atoms with Crippen molar-refractivity contribution in [3.8, 4) is 11.8 Å². The summed E-state index contributed by atoms with van der Waals surface area (Å²) in [4.78, 5) is 41.8. The maximum Gasteiger partial charge on any atom is 0.355 e. The van der Waals surface area contributed by atoms with Crippen LogP contribution in [0.5, 0.6) is 11.8 Å². The van der Waals surface area contributed by atoms with E-state index < -0.39 is 58.3 Å². The van der Waals surface area contributed by atoms with E-state index in [2.05, 4.69) is 15.3 Å². The number of benzene rings is 4. The van der Waals surface area contributed by atoms with Gasteiger partial charge in [-0.05, 0) is 67.6 Å². The predicted octanol–water partition coefficient (Wildman–Crippen LogP) is 6.42. The Bertz CT molecular complexity index is 2030. The second kappa shape index (κ2) is 17.3. The fourth-order valence-corrected chi connectivity index (χ4v) is 6.02. The third-order valence-corrected chi connectivity index (χ3v) is 8.38. The van der Waals surface area contributed by atoms with E-state index in [9.17, 15) is 22.8 Å². The molecule has 0 amide bonds. The Morgan fingerprint density at radius 2 is 1.51 bits per heavy atom. The number of carbonyl (C=O) groups excluding carboxylic acids is 2. The molecule has 2 atom stereocenters. The lowest BCUT2D eigenvalue weighted by atomic mass is 9.76. The largest absolute Gasteiger partial charge is 0.445 e. The van der Waals surface area contributed by atoms with Crippen molar-refractivity contribution in [1.82, 2.24) is 20.7 Å². The number of hydrogen-bond acceptors (Lipinski definition) is 11. The maximum absolute atomic E-state index is 14.7. The quantitative estimate of drug-likeness (QED) is 0.0588. The Morgan fingerprint density at radius 1 is 0.849 bits per heavy atom. The van der Waals surface area contributed by atoms with Crippen LogP contribution in [0.15, 0.2) is 97.1 Å². The predicted molar refractivity (Wildman–Crippen MR) is 184 cm³/mol. The molecule has 5 rings (SSSR count). The zero-order chi connectivity index (χ0) is 38.1. The highest BCUT2D eigenvalue weighted by molar-refractivity contribution is 5.83. The van der Waals surface area contributed by atoms with Crippen LogP contribution in [0.25, 0.3) is 0 Å². The monoisotopic (exact) mass is 730 g/mol. The molecule has 0 aliphatic heterocycles. The van der Waals surface area contributed by atoms with Gasteiger partial charge >= 0.3 is 12.0 Å². The molecule has 53 heavy (non-hydrogen) atoms. The first kappa shape index (κ1) is 38.7. The Kier molecular flexibility index (Phi) is 12.7. The van der Waals surface area contributed by atoms with Gasteiger partial charge in [0.25, 0.3) is 0 Å². The van der Waals surface area contributed by atoms with E-state index in [0.29, 0.717) is 45.8 Å². The van der Waals surface area contributed by atoms with Crippen molar-refractivity contribution in [2.75, 3.05) is 6.54 Å². The molecule has 5 aromatic rings. The van der Waals surface area contributed by atoms with E-state index in [1.54, 1.807) is 80.6 Å². The third-order valence-electron chi connectivity index (χ3n) is 8.38. The van der Waals surface area contributed by atoms with Crippen molar-refractivity contribution in [2.45, 2.75) is 51.9 Å².